The van der Waals surface area contributed by atoms with E-state index in [-0.39, 0.29) is 5.41 Å². The molecule has 112 valence electrons. The van der Waals surface area contributed by atoms with Crippen LogP contribution in [0.2, 0.25) is 0 Å². The summed E-state index contributed by atoms with van der Waals surface area (Å²) in [5.41, 5.74) is 3.65. The van der Waals surface area contributed by atoms with Crippen molar-refractivity contribution in [3.8, 4) is 0 Å². The molecule has 21 heavy (non-hydrogen) atoms. The maximum absolute atomic E-state index is 6.31. The third-order valence-corrected chi connectivity index (χ3v) is 5.11. The van der Waals surface area contributed by atoms with E-state index in [2.05, 4.69) is 50.2 Å². The summed E-state index contributed by atoms with van der Waals surface area (Å²) >= 11 is 12.6. The number of alkyl halides is 2. The third kappa shape index (κ3) is 3.81. The minimum Gasteiger partial charge on any atom is -0.126 e. The zero-order valence-corrected chi connectivity index (χ0v) is 14.2. The third-order valence-electron chi connectivity index (χ3n) is 4.09. The molecule has 0 nitrogen and oxygen atoms in total. The van der Waals surface area contributed by atoms with E-state index in [1.54, 1.807) is 0 Å². The lowest BCUT2D eigenvalue weighted by atomic mass is 9.78. The number of hydrogen-bond acceptors (Lipinski definition) is 0. The number of rotatable bonds is 6. The molecule has 0 atom stereocenters. The molecule has 0 spiro atoms. The second kappa shape index (κ2) is 7.33. The van der Waals surface area contributed by atoms with Gasteiger partial charge in [-0.3, -0.25) is 0 Å². The van der Waals surface area contributed by atoms with Gasteiger partial charge in [-0.25, -0.2) is 0 Å². The van der Waals surface area contributed by atoms with Crippen molar-refractivity contribution in [2.75, 3.05) is 11.8 Å². The summed E-state index contributed by atoms with van der Waals surface area (Å²) in [4.78, 5) is 0. The standard InChI is InChI=1S/C19H22Cl2/c1-15(2)17-10-8-16(9-11-17)12-19(13-20,14-21)18-6-4-3-5-7-18/h3-11,15H,12-14H2,1-2H3. The Morgan fingerprint density at radius 1 is 0.857 bits per heavy atom. The molecule has 0 radical (unpaired) electrons. The Bertz CT molecular complexity index is 540. The lowest BCUT2D eigenvalue weighted by molar-refractivity contribution is 0.536. The van der Waals surface area contributed by atoms with Crippen molar-refractivity contribution in [1.29, 1.82) is 0 Å². The Labute approximate surface area is 138 Å². The fraction of sp³-hybridized carbons (Fsp3) is 0.368. The van der Waals surface area contributed by atoms with E-state index < -0.39 is 0 Å². The van der Waals surface area contributed by atoms with Crippen LogP contribution in [-0.4, -0.2) is 11.8 Å². The number of halogens is 2. The van der Waals surface area contributed by atoms with Gasteiger partial charge in [-0.15, -0.1) is 23.2 Å². The molecule has 0 bridgehead atoms. The number of hydrogen-bond donors (Lipinski definition) is 0. The smallest absolute Gasteiger partial charge is 0.0335 e. The highest BCUT2D eigenvalue weighted by molar-refractivity contribution is 6.22. The highest BCUT2D eigenvalue weighted by Gasteiger charge is 2.30. The van der Waals surface area contributed by atoms with Gasteiger partial charge in [0, 0.05) is 17.2 Å². The summed E-state index contributed by atoms with van der Waals surface area (Å²) in [6.07, 6.45) is 0.863. The van der Waals surface area contributed by atoms with Gasteiger partial charge < -0.3 is 0 Å². The zero-order valence-electron chi connectivity index (χ0n) is 12.7. The fourth-order valence-electron chi connectivity index (χ4n) is 2.59. The van der Waals surface area contributed by atoms with E-state index in [0.717, 1.165) is 6.42 Å². The normalized spacial score (nSPS) is 11.9. The molecule has 0 aliphatic heterocycles. The van der Waals surface area contributed by atoms with E-state index in [4.69, 9.17) is 23.2 Å². The molecule has 0 N–H and O–H groups in total. The van der Waals surface area contributed by atoms with Gasteiger partial charge in [0.15, 0.2) is 0 Å². The van der Waals surface area contributed by atoms with Gasteiger partial charge in [0.05, 0.1) is 0 Å². The van der Waals surface area contributed by atoms with Crippen LogP contribution in [0.1, 0.15) is 36.5 Å². The molecule has 2 aromatic rings. The molecular formula is C19H22Cl2. The van der Waals surface area contributed by atoms with Crippen LogP contribution in [0.25, 0.3) is 0 Å². The topological polar surface area (TPSA) is 0 Å². The van der Waals surface area contributed by atoms with Crippen molar-refractivity contribution in [2.24, 2.45) is 0 Å². The summed E-state index contributed by atoms with van der Waals surface area (Å²) in [5, 5.41) is 0. The fourth-order valence-corrected chi connectivity index (χ4v) is 3.37. The molecule has 2 aromatic carbocycles. The lowest BCUT2D eigenvalue weighted by Crippen LogP contribution is -2.33. The first-order valence-electron chi connectivity index (χ1n) is 7.37. The van der Waals surface area contributed by atoms with Crippen molar-refractivity contribution in [1.82, 2.24) is 0 Å². The van der Waals surface area contributed by atoms with E-state index in [1.165, 1.54) is 16.7 Å². The van der Waals surface area contributed by atoms with Crippen molar-refractivity contribution in [2.45, 2.75) is 31.6 Å². The van der Waals surface area contributed by atoms with Crippen LogP contribution in [0.4, 0.5) is 0 Å². The van der Waals surface area contributed by atoms with Crippen LogP contribution >= 0.6 is 23.2 Å². The summed E-state index contributed by atoms with van der Waals surface area (Å²) < 4.78 is 0. The van der Waals surface area contributed by atoms with Crippen molar-refractivity contribution in [3.05, 3.63) is 71.3 Å². The predicted molar refractivity (Wildman–Crippen MR) is 93.8 cm³/mol. The van der Waals surface area contributed by atoms with Crippen LogP contribution < -0.4 is 0 Å². The SMILES string of the molecule is CC(C)c1ccc(CC(CCl)(CCl)c2ccccc2)cc1. The van der Waals surface area contributed by atoms with E-state index in [0.29, 0.717) is 17.7 Å². The predicted octanol–water partition coefficient (Wildman–Crippen LogP) is 5.77. The van der Waals surface area contributed by atoms with Crippen molar-refractivity contribution < 1.29 is 0 Å². The second-order valence-corrected chi connectivity index (χ2v) is 6.52. The first-order chi connectivity index (χ1) is 10.1. The second-order valence-electron chi connectivity index (χ2n) is 5.99. The molecule has 0 heterocycles. The average molecular weight is 321 g/mol. The largest absolute Gasteiger partial charge is 0.126 e. The Kier molecular flexibility index (Phi) is 5.72. The lowest BCUT2D eigenvalue weighted by Gasteiger charge is -2.30. The van der Waals surface area contributed by atoms with Crippen molar-refractivity contribution >= 4 is 23.2 Å². The Morgan fingerprint density at radius 2 is 1.43 bits per heavy atom. The van der Waals surface area contributed by atoms with E-state index >= 15 is 0 Å². The molecule has 0 unspecified atom stereocenters. The first kappa shape index (κ1) is 16.4. The van der Waals surface area contributed by atoms with Crippen molar-refractivity contribution in [3.63, 3.8) is 0 Å². The van der Waals surface area contributed by atoms with Gasteiger partial charge in [0.1, 0.15) is 0 Å². The molecule has 0 saturated heterocycles. The number of benzene rings is 2. The average Bonchev–Trinajstić information content (AvgIpc) is 2.54. The van der Waals surface area contributed by atoms with Gasteiger partial charge in [-0.2, -0.15) is 0 Å². The van der Waals surface area contributed by atoms with Gasteiger partial charge in [-0.1, -0.05) is 68.4 Å². The van der Waals surface area contributed by atoms with Gasteiger partial charge in [0.25, 0.3) is 0 Å². The highest BCUT2D eigenvalue weighted by Crippen LogP contribution is 2.32. The minimum atomic E-state index is -0.205. The molecule has 0 aliphatic rings. The van der Waals surface area contributed by atoms with E-state index in [1.807, 2.05) is 18.2 Å². The molecule has 0 aliphatic carbocycles. The molecule has 0 aromatic heterocycles. The Hall–Kier alpha value is -0.980. The zero-order chi connectivity index (χ0) is 15.3. The monoisotopic (exact) mass is 320 g/mol. The van der Waals surface area contributed by atoms with Gasteiger partial charge in [-0.05, 0) is 29.0 Å². The summed E-state index contributed by atoms with van der Waals surface area (Å²) in [5.74, 6) is 1.60. The maximum atomic E-state index is 6.31. The highest BCUT2D eigenvalue weighted by atomic mass is 35.5. The molecule has 0 amide bonds. The Balaban J connectivity index is 2.28. The van der Waals surface area contributed by atoms with Gasteiger partial charge >= 0.3 is 0 Å². The van der Waals surface area contributed by atoms with Gasteiger partial charge in [0.2, 0.25) is 0 Å². The first-order valence-corrected chi connectivity index (χ1v) is 8.44. The summed E-state index contributed by atoms with van der Waals surface area (Å²) in [7, 11) is 0. The summed E-state index contributed by atoms with van der Waals surface area (Å²) in [6.45, 7) is 4.42. The van der Waals surface area contributed by atoms with E-state index in [9.17, 15) is 0 Å². The quantitative estimate of drug-likeness (QED) is 0.593. The molecule has 0 saturated carbocycles. The van der Waals surface area contributed by atoms with Crippen LogP contribution in [0.5, 0.6) is 0 Å². The molecular weight excluding hydrogens is 299 g/mol. The van der Waals surface area contributed by atoms with Crippen LogP contribution in [-0.2, 0) is 11.8 Å². The minimum absolute atomic E-state index is 0.205. The maximum Gasteiger partial charge on any atom is 0.0335 e. The van der Waals surface area contributed by atoms with Crippen LogP contribution in [0.15, 0.2) is 54.6 Å². The molecule has 0 fully saturated rings. The van der Waals surface area contributed by atoms with Crippen LogP contribution in [0.3, 0.4) is 0 Å². The molecule has 2 rings (SSSR count). The summed E-state index contributed by atoms with van der Waals surface area (Å²) in [6, 6.07) is 19.2. The molecule has 2 heteroatoms. The Morgan fingerprint density at radius 3 is 1.90 bits per heavy atom. The van der Waals surface area contributed by atoms with Crippen LogP contribution in [0, 0.1) is 0 Å².